The number of carbonyl (C=O) groups excluding carboxylic acids is 1. The van der Waals surface area contributed by atoms with Crippen LogP contribution in [-0.2, 0) is 4.74 Å². The van der Waals surface area contributed by atoms with Gasteiger partial charge in [-0.1, -0.05) is 6.92 Å². The van der Waals surface area contributed by atoms with Gasteiger partial charge in [-0.2, -0.15) is 4.39 Å². The number of pyridine rings is 1. The minimum absolute atomic E-state index is 0.0828. The van der Waals surface area contributed by atoms with E-state index in [1.54, 1.807) is 4.90 Å². The number of hydrogen-bond donors (Lipinski definition) is 0. The molecule has 1 saturated heterocycles. The molecule has 17 heavy (non-hydrogen) atoms. The molecule has 1 aliphatic heterocycles. The monoisotopic (exact) mass is 238 g/mol. The van der Waals surface area contributed by atoms with Gasteiger partial charge in [0.15, 0.2) is 0 Å². The molecule has 4 nitrogen and oxygen atoms in total. The number of amides is 1. The first kappa shape index (κ1) is 12.0. The van der Waals surface area contributed by atoms with Crippen molar-refractivity contribution in [1.82, 2.24) is 9.88 Å². The molecule has 0 bridgehead atoms. The number of aromatic nitrogens is 1. The van der Waals surface area contributed by atoms with Crippen molar-refractivity contribution in [3.8, 4) is 0 Å². The lowest BCUT2D eigenvalue weighted by Gasteiger charge is -2.32. The second-order valence-electron chi connectivity index (χ2n) is 4.02. The number of morpholine rings is 1. The molecule has 1 aromatic heterocycles. The smallest absolute Gasteiger partial charge is 0.254 e. The van der Waals surface area contributed by atoms with Crippen LogP contribution in [0.2, 0.25) is 0 Å². The molecular weight excluding hydrogens is 223 g/mol. The van der Waals surface area contributed by atoms with Crippen molar-refractivity contribution in [2.24, 2.45) is 0 Å². The number of rotatable bonds is 2. The molecule has 2 rings (SSSR count). The lowest BCUT2D eigenvalue weighted by atomic mass is 10.2. The third-order valence-corrected chi connectivity index (χ3v) is 2.85. The topological polar surface area (TPSA) is 42.4 Å². The predicted octanol–water partition coefficient (Wildman–Crippen LogP) is 1.47. The molecule has 2 heterocycles. The van der Waals surface area contributed by atoms with Gasteiger partial charge in [-0.05, 0) is 12.5 Å². The summed E-state index contributed by atoms with van der Waals surface area (Å²) in [6.45, 7) is 3.68. The SMILES string of the molecule is CCC1CN(C(=O)c2ccnc(F)c2)CCO1. The van der Waals surface area contributed by atoms with Gasteiger partial charge in [0.2, 0.25) is 5.95 Å². The summed E-state index contributed by atoms with van der Waals surface area (Å²) in [5, 5.41) is 0. The summed E-state index contributed by atoms with van der Waals surface area (Å²) in [7, 11) is 0. The van der Waals surface area contributed by atoms with Gasteiger partial charge in [-0.3, -0.25) is 4.79 Å². The Morgan fingerprint density at radius 2 is 2.53 bits per heavy atom. The Balaban J connectivity index is 2.09. The molecule has 1 atom stereocenters. The molecule has 0 saturated carbocycles. The summed E-state index contributed by atoms with van der Waals surface area (Å²) in [6, 6.07) is 2.70. The molecule has 5 heteroatoms. The second kappa shape index (κ2) is 5.23. The Morgan fingerprint density at radius 3 is 3.24 bits per heavy atom. The molecule has 0 aromatic carbocycles. The van der Waals surface area contributed by atoms with Crippen LogP contribution < -0.4 is 0 Å². The van der Waals surface area contributed by atoms with Gasteiger partial charge in [-0.25, -0.2) is 4.98 Å². The molecule has 1 aliphatic rings. The minimum Gasteiger partial charge on any atom is -0.375 e. The Kier molecular flexibility index (Phi) is 3.68. The van der Waals surface area contributed by atoms with Crippen LogP contribution in [-0.4, -0.2) is 41.6 Å². The molecule has 0 radical (unpaired) electrons. The molecule has 0 N–H and O–H groups in total. The number of nitrogens with zero attached hydrogens (tertiary/aromatic N) is 2. The average Bonchev–Trinajstić information content (AvgIpc) is 2.38. The van der Waals surface area contributed by atoms with Gasteiger partial charge in [0.25, 0.3) is 5.91 Å². The van der Waals surface area contributed by atoms with Gasteiger partial charge < -0.3 is 9.64 Å². The number of halogens is 1. The lowest BCUT2D eigenvalue weighted by Crippen LogP contribution is -2.45. The molecular formula is C12H15FN2O2. The zero-order valence-electron chi connectivity index (χ0n) is 9.73. The van der Waals surface area contributed by atoms with Crippen LogP contribution in [0.3, 0.4) is 0 Å². The van der Waals surface area contributed by atoms with Crippen LogP contribution in [0, 0.1) is 5.95 Å². The number of carbonyl (C=O) groups is 1. The van der Waals surface area contributed by atoms with E-state index in [4.69, 9.17) is 4.74 Å². The van der Waals surface area contributed by atoms with Crippen LogP contribution in [0.4, 0.5) is 4.39 Å². The standard InChI is InChI=1S/C12H15FN2O2/c1-2-10-8-15(5-6-17-10)12(16)9-3-4-14-11(13)7-9/h3-4,7,10H,2,5-6,8H2,1H3. The molecule has 92 valence electrons. The fourth-order valence-corrected chi connectivity index (χ4v) is 1.87. The molecule has 0 spiro atoms. The van der Waals surface area contributed by atoms with Gasteiger partial charge in [0.05, 0.1) is 12.7 Å². The zero-order valence-corrected chi connectivity index (χ0v) is 9.73. The molecule has 1 unspecified atom stereocenters. The number of hydrogen-bond acceptors (Lipinski definition) is 3. The first-order chi connectivity index (χ1) is 8.20. The van der Waals surface area contributed by atoms with E-state index in [1.807, 2.05) is 6.92 Å². The van der Waals surface area contributed by atoms with Crippen LogP contribution >= 0.6 is 0 Å². The van der Waals surface area contributed by atoms with Crippen LogP contribution in [0.25, 0.3) is 0 Å². The minimum atomic E-state index is -0.629. The van der Waals surface area contributed by atoms with Crippen LogP contribution in [0.5, 0.6) is 0 Å². The van der Waals surface area contributed by atoms with Crippen LogP contribution in [0.15, 0.2) is 18.3 Å². The summed E-state index contributed by atoms with van der Waals surface area (Å²) in [4.78, 5) is 17.2. The van der Waals surface area contributed by atoms with E-state index < -0.39 is 5.95 Å². The molecule has 0 aliphatic carbocycles. The van der Waals surface area contributed by atoms with Gasteiger partial charge in [0.1, 0.15) is 0 Å². The van der Waals surface area contributed by atoms with Gasteiger partial charge in [-0.15, -0.1) is 0 Å². The Bertz CT molecular complexity index is 411. The maximum Gasteiger partial charge on any atom is 0.254 e. The third kappa shape index (κ3) is 2.79. The van der Waals surface area contributed by atoms with E-state index >= 15 is 0 Å². The second-order valence-corrected chi connectivity index (χ2v) is 4.02. The fourth-order valence-electron chi connectivity index (χ4n) is 1.87. The molecule has 1 amide bonds. The van der Waals surface area contributed by atoms with Crippen molar-refractivity contribution in [2.75, 3.05) is 19.7 Å². The normalized spacial score (nSPS) is 20.4. The summed E-state index contributed by atoms with van der Waals surface area (Å²) in [5.74, 6) is -0.788. The highest BCUT2D eigenvalue weighted by Crippen LogP contribution is 2.12. The average molecular weight is 238 g/mol. The largest absolute Gasteiger partial charge is 0.375 e. The Hall–Kier alpha value is -1.49. The summed E-state index contributed by atoms with van der Waals surface area (Å²) in [5.41, 5.74) is 0.342. The fraction of sp³-hybridized carbons (Fsp3) is 0.500. The van der Waals surface area contributed by atoms with E-state index in [1.165, 1.54) is 18.3 Å². The number of ether oxygens (including phenoxy) is 1. The zero-order chi connectivity index (χ0) is 12.3. The van der Waals surface area contributed by atoms with Crippen LogP contribution in [0.1, 0.15) is 23.7 Å². The summed E-state index contributed by atoms with van der Waals surface area (Å²) >= 11 is 0. The quantitative estimate of drug-likeness (QED) is 0.733. The van der Waals surface area contributed by atoms with Crippen molar-refractivity contribution in [1.29, 1.82) is 0 Å². The lowest BCUT2D eigenvalue weighted by molar-refractivity contribution is -0.0226. The van der Waals surface area contributed by atoms with E-state index in [0.29, 0.717) is 25.3 Å². The third-order valence-electron chi connectivity index (χ3n) is 2.85. The van der Waals surface area contributed by atoms with Gasteiger partial charge >= 0.3 is 0 Å². The highest BCUT2D eigenvalue weighted by atomic mass is 19.1. The molecule has 1 fully saturated rings. The van der Waals surface area contributed by atoms with Crippen molar-refractivity contribution in [3.63, 3.8) is 0 Å². The maximum absolute atomic E-state index is 12.9. The molecule has 1 aromatic rings. The van der Waals surface area contributed by atoms with Crippen molar-refractivity contribution < 1.29 is 13.9 Å². The van der Waals surface area contributed by atoms with Crippen molar-refractivity contribution >= 4 is 5.91 Å². The van der Waals surface area contributed by atoms with E-state index in [0.717, 1.165) is 6.42 Å². The van der Waals surface area contributed by atoms with E-state index in [2.05, 4.69) is 4.98 Å². The van der Waals surface area contributed by atoms with E-state index in [-0.39, 0.29) is 12.0 Å². The highest BCUT2D eigenvalue weighted by Gasteiger charge is 2.24. The van der Waals surface area contributed by atoms with Crippen molar-refractivity contribution in [2.45, 2.75) is 19.4 Å². The Labute approximate surface area is 99.4 Å². The first-order valence-electron chi connectivity index (χ1n) is 5.73. The summed E-state index contributed by atoms with van der Waals surface area (Å²) in [6.07, 6.45) is 2.26. The van der Waals surface area contributed by atoms with Crippen molar-refractivity contribution in [3.05, 3.63) is 29.8 Å². The Morgan fingerprint density at radius 1 is 1.71 bits per heavy atom. The predicted molar refractivity (Wildman–Crippen MR) is 60.1 cm³/mol. The van der Waals surface area contributed by atoms with Gasteiger partial charge in [0, 0.05) is 30.9 Å². The first-order valence-corrected chi connectivity index (χ1v) is 5.73. The maximum atomic E-state index is 12.9. The highest BCUT2D eigenvalue weighted by molar-refractivity contribution is 5.94. The van der Waals surface area contributed by atoms with E-state index in [9.17, 15) is 9.18 Å². The summed E-state index contributed by atoms with van der Waals surface area (Å²) < 4.78 is 18.4.